The van der Waals surface area contributed by atoms with Crippen molar-refractivity contribution in [3.63, 3.8) is 0 Å². The molecule has 1 aromatic carbocycles. The highest BCUT2D eigenvalue weighted by atomic mass is 79.9. The lowest BCUT2D eigenvalue weighted by atomic mass is 10.2. The number of pyridine rings is 1. The summed E-state index contributed by atoms with van der Waals surface area (Å²) < 4.78 is 25.2. The van der Waals surface area contributed by atoms with E-state index in [1.807, 2.05) is 24.3 Å². The molecule has 0 aliphatic rings. The molecule has 4 N–H and O–H groups in total. The van der Waals surface area contributed by atoms with Crippen molar-refractivity contribution in [2.24, 2.45) is 0 Å². The van der Waals surface area contributed by atoms with Crippen molar-refractivity contribution in [2.75, 3.05) is 30.4 Å². The SMILES string of the molecule is CS(=O)(=O)NCCNc1nc2cc(Br)ccc2cc1N. The maximum absolute atomic E-state index is 10.9. The molecule has 6 nitrogen and oxygen atoms in total. The topological polar surface area (TPSA) is 97.1 Å². The number of fused-ring (bicyclic) bond motifs is 1. The van der Waals surface area contributed by atoms with Gasteiger partial charge in [-0.3, -0.25) is 0 Å². The van der Waals surface area contributed by atoms with E-state index in [-0.39, 0.29) is 6.54 Å². The van der Waals surface area contributed by atoms with Gasteiger partial charge in [0.1, 0.15) is 5.82 Å². The van der Waals surface area contributed by atoms with E-state index in [1.54, 1.807) is 0 Å². The molecule has 1 aromatic heterocycles. The van der Waals surface area contributed by atoms with Crippen molar-refractivity contribution in [1.82, 2.24) is 9.71 Å². The van der Waals surface area contributed by atoms with Gasteiger partial charge in [0.25, 0.3) is 0 Å². The summed E-state index contributed by atoms with van der Waals surface area (Å²) in [6.07, 6.45) is 1.12. The molecule has 0 radical (unpaired) electrons. The third-order valence-electron chi connectivity index (χ3n) is 2.59. The first kappa shape index (κ1) is 15.0. The Labute approximate surface area is 125 Å². The van der Waals surface area contributed by atoms with Crippen molar-refractivity contribution in [1.29, 1.82) is 0 Å². The quantitative estimate of drug-likeness (QED) is 0.704. The van der Waals surface area contributed by atoms with Crippen LogP contribution in [0.1, 0.15) is 0 Å². The maximum atomic E-state index is 10.9. The van der Waals surface area contributed by atoms with Crippen LogP contribution in [0.2, 0.25) is 0 Å². The molecule has 0 bridgehead atoms. The zero-order chi connectivity index (χ0) is 14.8. The average Bonchev–Trinajstić information content (AvgIpc) is 2.34. The van der Waals surface area contributed by atoms with E-state index in [0.717, 1.165) is 21.6 Å². The molecule has 0 fully saturated rings. The highest BCUT2D eigenvalue weighted by Gasteiger charge is 2.05. The van der Waals surface area contributed by atoms with Crippen molar-refractivity contribution in [3.8, 4) is 0 Å². The first-order chi connectivity index (χ1) is 9.35. The third kappa shape index (κ3) is 4.06. The van der Waals surface area contributed by atoms with Crippen molar-refractivity contribution < 1.29 is 8.42 Å². The van der Waals surface area contributed by atoms with Crippen molar-refractivity contribution in [3.05, 3.63) is 28.7 Å². The van der Waals surface area contributed by atoms with Crippen LogP contribution in [-0.4, -0.2) is 32.7 Å². The Bertz CT molecular complexity index is 734. The summed E-state index contributed by atoms with van der Waals surface area (Å²) >= 11 is 3.39. The van der Waals surface area contributed by atoms with Gasteiger partial charge in [-0.2, -0.15) is 0 Å². The molecule has 0 atom stereocenters. The Hall–Kier alpha value is -1.38. The van der Waals surface area contributed by atoms with Gasteiger partial charge in [0, 0.05) is 22.9 Å². The van der Waals surface area contributed by atoms with E-state index in [2.05, 4.69) is 31.0 Å². The summed E-state index contributed by atoms with van der Waals surface area (Å²) in [6, 6.07) is 7.58. The molecule has 0 aliphatic heterocycles. The fraction of sp³-hybridized carbons (Fsp3) is 0.250. The number of sulfonamides is 1. The van der Waals surface area contributed by atoms with Crippen LogP contribution < -0.4 is 15.8 Å². The monoisotopic (exact) mass is 358 g/mol. The molecular formula is C12H15BrN4O2S. The number of nitrogens with one attached hydrogen (secondary N) is 2. The minimum atomic E-state index is -3.18. The summed E-state index contributed by atoms with van der Waals surface area (Å²) in [7, 11) is -3.18. The minimum absolute atomic E-state index is 0.274. The summed E-state index contributed by atoms with van der Waals surface area (Å²) in [5, 5.41) is 3.97. The van der Waals surface area contributed by atoms with Gasteiger partial charge in [-0.15, -0.1) is 0 Å². The van der Waals surface area contributed by atoms with E-state index in [1.165, 1.54) is 0 Å². The second-order valence-electron chi connectivity index (χ2n) is 4.36. The van der Waals surface area contributed by atoms with Gasteiger partial charge in [0.2, 0.25) is 10.0 Å². The van der Waals surface area contributed by atoms with Gasteiger partial charge in [-0.25, -0.2) is 18.1 Å². The number of anilines is 2. The van der Waals surface area contributed by atoms with Gasteiger partial charge in [-0.05, 0) is 18.2 Å². The fourth-order valence-electron chi connectivity index (χ4n) is 1.72. The van der Waals surface area contributed by atoms with E-state index < -0.39 is 10.0 Å². The number of nitrogens with two attached hydrogens (primary N) is 1. The number of rotatable bonds is 5. The highest BCUT2D eigenvalue weighted by molar-refractivity contribution is 9.10. The lowest BCUT2D eigenvalue weighted by Gasteiger charge is -2.10. The molecule has 0 aliphatic carbocycles. The van der Waals surface area contributed by atoms with Crippen molar-refractivity contribution in [2.45, 2.75) is 0 Å². The standard InChI is InChI=1S/C12H15BrN4O2S/c1-20(18,19)16-5-4-15-12-10(14)6-8-2-3-9(13)7-11(8)17-12/h2-3,6-7,16H,4-5,14H2,1H3,(H,15,17). The number of nitrogen functional groups attached to an aromatic ring is 1. The number of hydrogen-bond donors (Lipinski definition) is 3. The van der Waals surface area contributed by atoms with Crippen LogP contribution in [-0.2, 0) is 10.0 Å². The van der Waals surface area contributed by atoms with Gasteiger partial charge in [0.15, 0.2) is 0 Å². The van der Waals surface area contributed by atoms with Crippen molar-refractivity contribution >= 4 is 48.4 Å². The van der Waals surface area contributed by atoms with Crippen LogP contribution in [0.25, 0.3) is 10.9 Å². The first-order valence-corrected chi connectivity index (χ1v) is 8.58. The Balaban J connectivity index is 2.11. The Morgan fingerprint density at radius 2 is 2.05 bits per heavy atom. The van der Waals surface area contributed by atoms with Gasteiger partial charge < -0.3 is 11.1 Å². The largest absolute Gasteiger partial charge is 0.396 e. The lowest BCUT2D eigenvalue weighted by Crippen LogP contribution is -2.27. The number of halogens is 1. The van der Waals surface area contributed by atoms with Gasteiger partial charge >= 0.3 is 0 Å². The molecular weight excluding hydrogens is 344 g/mol. The van der Waals surface area contributed by atoms with Crippen LogP contribution in [0.15, 0.2) is 28.7 Å². The molecule has 1 heterocycles. The molecule has 0 spiro atoms. The fourth-order valence-corrected chi connectivity index (χ4v) is 2.54. The molecule has 0 unspecified atom stereocenters. The summed E-state index contributed by atoms with van der Waals surface area (Å²) in [5.41, 5.74) is 7.26. The number of aromatic nitrogens is 1. The normalized spacial score (nSPS) is 11.7. The zero-order valence-corrected chi connectivity index (χ0v) is 13.3. The number of hydrogen-bond acceptors (Lipinski definition) is 5. The van der Waals surface area contributed by atoms with E-state index >= 15 is 0 Å². The Morgan fingerprint density at radius 1 is 1.30 bits per heavy atom. The lowest BCUT2D eigenvalue weighted by molar-refractivity contribution is 0.589. The van der Waals surface area contributed by atoms with Gasteiger partial charge in [-0.1, -0.05) is 22.0 Å². The zero-order valence-electron chi connectivity index (χ0n) is 10.9. The molecule has 2 aromatic rings. The van der Waals surface area contributed by atoms with Gasteiger partial charge in [0.05, 0.1) is 17.5 Å². The molecule has 8 heteroatoms. The summed E-state index contributed by atoms with van der Waals surface area (Å²) in [4.78, 5) is 4.43. The summed E-state index contributed by atoms with van der Waals surface area (Å²) in [5.74, 6) is 0.547. The predicted octanol–water partition coefficient (Wildman–Crippen LogP) is 1.54. The molecule has 20 heavy (non-hydrogen) atoms. The Morgan fingerprint density at radius 3 is 2.75 bits per heavy atom. The smallest absolute Gasteiger partial charge is 0.208 e. The first-order valence-electron chi connectivity index (χ1n) is 5.89. The molecule has 0 saturated heterocycles. The maximum Gasteiger partial charge on any atom is 0.208 e. The second kappa shape index (κ2) is 5.94. The highest BCUT2D eigenvalue weighted by Crippen LogP contribution is 2.24. The van der Waals surface area contributed by atoms with Crippen LogP contribution in [0.4, 0.5) is 11.5 Å². The molecule has 0 saturated carbocycles. The summed E-state index contributed by atoms with van der Waals surface area (Å²) in [6.45, 7) is 0.681. The molecule has 0 amide bonds. The number of benzene rings is 1. The molecule has 2 rings (SSSR count). The van der Waals surface area contributed by atoms with Crippen LogP contribution in [0.5, 0.6) is 0 Å². The van der Waals surface area contributed by atoms with Crippen LogP contribution >= 0.6 is 15.9 Å². The minimum Gasteiger partial charge on any atom is -0.396 e. The van der Waals surface area contributed by atoms with Crippen LogP contribution in [0.3, 0.4) is 0 Å². The van der Waals surface area contributed by atoms with E-state index in [4.69, 9.17) is 5.73 Å². The number of nitrogens with zero attached hydrogens (tertiary/aromatic N) is 1. The Kier molecular flexibility index (Phi) is 4.46. The van der Waals surface area contributed by atoms with E-state index in [0.29, 0.717) is 18.1 Å². The average molecular weight is 359 g/mol. The second-order valence-corrected chi connectivity index (χ2v) is 7.11. The predicted molar refractivity (Wildman–Crippen MR) is 85.2 cm³/mol. The van der Waals surface area contributed by atoms with E-state index in [9.17, 15) is 8.42 Å². The molecule has 108 valence electrons. The third-order valence-corrected chi connectivity index (χ3v) is 3.81. The van der Waals surface area contributed by atoms with Crippen LogP contribution in [0, 0.1) is 0 Å².